The normalized spacial score (nSPS) is 11.5. The predicted octanol–water partition coefficient (Wildman–Crippen LogP) is 5.06. The van der Waals surface area contributed by atoms with Gasteiger partial charge in [-0.3, -0.25) is 0 Å². The largest absolute Gasteiger partial charge is 0.389 e. The zero-order valence-corrected chi connectivity index (χ0v) is 15.1. The van der Waals surface area contributed by atoms with E-state index in [-0.39, 0.29) is 0 Å². The third-order valence-electron chi connectivity index (χ3n) is 4.57. The van der Waals surface area contributed by atoms with Crippen LogP contribution in [-0.2, 0) is 19.3 Å². The summed E-state index contributed by atoms with van der Waals surface area (Å²) >= 11 is 0. The van der Waals surface area contributed by atoms with Crippen LogP contribution < -0.4 is 0 Å². The molecule has 0 heterocycles. The van der Waals surface area contributed by atoms with Crippen molar-refractivity contribution in [1.82, 2.24) is 0 Å². The molecule has 0 saturated heterocycles. The first-order valence-electron chi connectivity index (χ1n) is 8.90. The van der Waals surface area contributed by atoms with Crippen molar-refractivity contribution in [2.75, 3.05) is 0 Å². The molecule has 1 nitrogen and oxygen atoms in total. The van der Waals surface area contributed by atoms with E-state index in [1.165, 1.54) is 27.8 Å². The lowest BCUT2D eigenvalue weighted by Gasteiger charge is -2.29. The van der Waals surface area contributed by atoms with Crippen LogP contribution in [0.15, 0.2) is 78.9 Å². The molecule has 1 N–H and O–H groups in total. The summed E-state index contributed by atoms with van der Waals surface area (Å²) in [6, 6.07) is 27.1. The SMILES string of the molecule is Cc1cc(C)cc(CC(O)(Cc2ccccc2)Cc2ccccc2)c1. The van der Waals surface area contributed by atoms with Crippen molar-refractivity contribution in [3.63, 3.8) is 0 Å². The molecule has 0 aromatic heterocycles. The van der Waals surface area contributed by atoms with Crippen LogP contribution in [0, 0.1) is 13.8 Å². The first-order valence-corrected chi connectivity index (χ1v) is 8.90. The Morgan fingerprint density at radius 2 is 1.00 bits per heavy atom. The zero-order valence-electron chi connectivity index (χ0n) is 15.1. The number of hydrogen-bond acceptors (Lipinski definition) is 1. The van der Waals surface area contributed by atoms with Gasteiger partial charge in [0.05, 0.1) is 5.60 Å². The Morgan fingerprint density at radius 3 is 1.44 bits per heavy atom. The van der Waals surface area contributed by atoms with Crippen LogP contribution >= 0.6 is 0 Å². The maximum absolute atomic E-state index is 11.6. The quantitative estimate of drug-likeness (QED) is 0.669. The lowest BCUT2D eigenvalue weighted by Crippen LogP contribution is -2.37. The number of hydrogen-bond donors (Lipinski definition) is 1. The van der Waals surface area contributed by atoms with E-state index in [9.17, 15) is 5.11 Å². The van der Waals surface area contributed by atoms with Gasteiger partial charge in [-0.05, 0) is 30.5 Å². The lowest BCUT2D eigenvalue weighted by atomic mass is 9.82. The van der Waals surface area contributed by atoms with Gasteiger partial charge in [0.2, 0.25) is 0 Å². The maximum Gasteiger partial charge on any atom is 0.0768 e. The van der Waals surface area contributed by atoms with E-state index in [4.69, 9.17) is 0 Å². The van der Waals surface area contributed by atoms with E-state index in [2.05, 4.69) is 56.3 Å². The second-order valence-corrected chi connectivity index (χ2v) is 7.22. The molecule has 0 spiro atoms. The minimum absolute atomic E-state index is 0.649. The summed E-state index contributed by atoms with van der Waals surface area (Å²) in [5.41, 5.74) is 5.24. The van der Waals surface area contributed by atoms with Crippen LogP contribution in [0.5, 0.6) is 0 Å². The average molecular weight is 330 g/mol. The molecule has 0 fully saturated rings. The van der Waals surface area contributed by atoms with E-state index in [1.54, 1.807) is 0 Å². The smallest absolute Gasteiger partial charge is 0.0768 e. The second kappa shape index (κ2) is 7.67. The first kappa shape index (κ1) is 17.4. The molecule has 3 aromatic rings. The molecule has 0 saturated carbocycles. The third kappa shape index (κ3) is 5.04. The fourth-order valence-corrected chi connectivity index (χ4v) is 3.69. The van der Waals surface area contributed by atoms with Gasteiger partial charge < -0.3 is 5.11 Å². The van der Waals surface area contributed by atoms with Gasteiger partial charge >= 0.3 is 0 Å². The Balaban J connectivity index is 1.90. The standard InChI is InChI=1S/C24H26O/c1-19-13-20(2)15-23(14-19)18-24(25,16-21-9-5-3-6-10-21)17-22-11-7-4-8-12-22/h3-15,25H,16-18H2,1-2H3. The molecule has 3 rings (SSSR count). The predicted molar refractivity (Wildman–Crippen MR) is 105 cm³/mol. The lowest BCUT2D eigenvalue weighted by molar-refractivity contribution is 0.0411. The van der Waals surface area contributed by atoms with Gasteiger partial charge in [0.15, 0.2) is 0 Å². The molecule has 0 aliphatic heterocycles. The molecule has 3 aromatic carbocycles. The molecular weight excluding hydrogens is 304 g/mol. The van der Waals surface area contributed by atoms with Gasteiger partial charge in [-0.2, -0.15) is 0 Å². The highest BCUT2D eigenvalue weighted by Gasteiger charge is 2.28. The van der Waals surface area contributed by atoms with Gasteiger partial charge in [-0.1, -0.05) is 90.0 Å². The highest BCUT2D eigenvalue weighted by Crippen LogP contribution is 2.25. The highest BCUT2D eigenvalue weighted by molar-refractivity contribution is 5.31. The molecule has 0 unspecified atom stereocenters. The van der Waals surface area contributed by atoms with Crippen molar-refractivity contribution in [2.24, 2.45) is 0 Å². The van der Waals surface area contributed by atoms with Crippen molar-refractivity contribution < 1.29 is 5.11 Å². The number of benzene rings is 3. The van der Waals surface area contributed by atoms with Gasteiger partial charge in [-0.15, -0.1) is 0 Å². The van der Waals surface area contributed by atoms with E-state index < -0.39 is 5.60 Å². The molecule has 25 heavy (non-hydrogen) atoms. The molecule has 128 valence electrons. The van der Waals surface area contributed by atoms with Crippen molar-refractivity contribution >= 4 is 0 Å². The van der Waals surface area contributed by atoms with Gasteiger partial charge in [0, 0.05) is 19.3 Å². The molecule has 0 atom stereocenters. The second-order valence-electron chi connectivity index (χ2n) is 7.22. The molecule has 1 heteroatoms. The van der Waals surface area contributed by atoms with Crippen LogP contribution in [0.4, 0.5) is 0 Å². The van der Waals surface area contributed by atoms with E-state index in [0.29, 0.717) is 19.3 Å². The van der Waals surface area contributed by atoms with Crippen LogP contribution in [0.3, 0.4) is 0 Å². The number of aliphatic hydroxyl groups is 1. The summed E-state index contributed by atoms with van der Waals surface area (Å²) in [6.45, 7) is 4.23. The fourth-order valence-electron chi connectivity index (χ4n) is 3.69. The number of rotatable bonds is 6. The summed E-state index contributed by atoms with van der Waals surface area (Å²) in [4.78, 5) is 0. The van der Waals surface area contributed by atoms with Crippen molar-refractivity contribution in [3.8, 4) is 0 Å². The summed E-state index contributed by atoms with van der Waals surface area (Å²) in [5.74, 6) is 0. The van der Waals surface area contributed by atoms with Gasteiger partial charge in [0.1, 0.15) is 0 Å². The Kier molecular flexibility index (Phi) is 5.35. The summed E-state index contributed by atoms with van der Waals surface area (Å²) in [6.07, 6.45) is 1.95. The first-order chi connectivity index (χ1) is 12.0. The van der Waals surface area contributed by atoms with Crippen molar-refractivity contribution in [1.29, 1.82) is 0 Å². The maximum atomic E-state index is 11.6. The summed E-state index contributed by atoms with van der Waals surface area (Å²) in [7, 11) is 0. The molecule has 0 aliphatic rings. The Hall–Kier alpha value is -2.38. The van der Waals surface area contributed by atoms with Crippen LogP contribution in [-0.4, -0.2) is 10.7 Å². The third-order valence-corrected chi connectivity index (χ3v) is 4.57. The molecule has 0 aliphatic carbocycles. The number of aryl methyl sites for hydroxylation is 2. The van der Waals surface area contributed by atoms with Crippen molar-refractivity contribution in [3.05, 3.63) is 107 Å². The van der Waals surface area contributed by atoms with Crippen molar-refractivity contribution in [2.45, 2.75) is 38.7 Å². The minimum Gasteiger partial charge on any atom is -0.389 e. The Morgan fingerprint density at radius 1 is 0.600 bits per heavy atom. The van der Waals surface area contributed by atoms with E-state index >= 15 is 0 Å². The van der Waals surface area contributed by atoms with Gasteiger partial charge in [-0.25, -0.2) is 0 Å². The monoisotopic (exact) mass is 330 g/mol. The Labute approximate surface area is 151 Å². The highest BCUT2D eigenvalue weighted by atomic mass is 16.3. The van der Waals surface area contributed by atoms with Crippen LogP contribution in [0.25, 0.3) is 0 Å². The Bertz CT molecular complexity index is 744. The molecule has 0 radical (unpaired) electrons. The molecular formula is C24H26O. The zero-order chi connectivity index (χ0) is 17.7. The van der Waals surface area contributed by atoms with Crippen LogP contribution in [0.2, 0.25) is 0 Å². The summed E-state index contributed by atoms with van der Waals surface area (Å²) < 4.78 is 0. The average Bonchev–Trinajstić information content (AvgIpc) is 2.55. The van der Waals surface area contributed by atoms with Gasteiger partial charge in [0.25, 0.3) is 0 Å². The minimum atomic E-state index is -0.803. The molecule has 0 amide bonds. The summed E-state index contributed by atoms with van der Waals surface area (Å²) in [5, 5.41) is 11.6. The van der Waals surface area contributed by atoms with E-state index in [1.807, 2.05) is 36.4 Å². The van der Waals surface area contributed by atoms with E-state index in [0.717, 1.165) is 0 Å². The fraction of sp³-hybridized carbons (Fsp3) is 0.250. The van der Waals surface area contributed by atoms with Crippen LogP contribution in [0.1, 0.15) is 27.8 Å². The molecule has 0 bridgehead atoms. The topological polar surface area (TPSA) is 20.2 Å².